The summed E-state index contributed by atoms with van der Waals surface area (Å²) in [7, 11) is 1.97. The summed E-state index contributed by atoms with van der Waals surface area (Å²) in [5.74, 6) is 1.96. The molecule has 1 N–H and O–H groups in total. The maximum absolute atomic E-state index is 5.54. The Kier molecular flexibility index (Phi) is 4.74. The first-order valence-electron chi connectivity index (χ1n) is 9.62. The largest absolute Gasteiger partial charge is 0.388 e. The Morgan fingerprint density at radius 1 is 1.07 bits per heavy atom. The molecule has 27 heavy (non-hydrogen) atoms. The molecule has 4 rings (SSSR count). The average Bonchev–Trinajstić information content (AvgIpc) is 3.11. The zero-order valence-electron chi connectivity index (χ0n) is 16.5. The van der Waals surface area contributed by atoms with E-state index < -0.39 is 0 Å². The number of hydrogen-bond acceptors (Lipinski definition) is 5. The molecule has 0 unspecified atom stereocenters. The molecule has 1 fully saturated rings. The molecule has 6 heteroatoms. The number of ether oxygens (including phenoxy) is 1. The average molecular weight is 365 g/mol. The molecule has 0 spiro atoms. The summed E-state index contributed by atoms with van der Waals surface area (Å²) in [4.78, 5) is 7.08. The molecule has 0 saturated carbocycles. The summed E-state index contributed by atoms with van der Waals surface area (Å²) in [6, 6.07) is 8.86. The van der Waals surface area contributed by atoms with Gasteiger partial charge in [0, 0.05) is 32.2 Å². The Hall–Kier alpha value is -2.60. The second-order valence-electron chi connectivity index (χ2n) is 7.09. The number of rotatable bonds is 4. The van der Waals surface area contributed by atoms with Crippen LogP contribution >= 0.6 is 0 Å². The van der Waals surface area contributed by atoms with E-state index in [-0.39, 0.29) is 0 Å². The second-order valence-corrected chi connectivity index (χ2v) is 7.09. The van der Waals surface area contributed by atoms with E-state index in [9.17, 15) is 0 Å². The number of aromatic nitrogens is 3. The number of morpholine rings is 1. The highest BCUT2D eigenvalue weighted by Crippen LogP contribution is 2.32. The third-order valence-corrected chi connectivity index (χ3v) is 5.27. The molecule has 3 heterocycles. The highest BCUT2D eigenvalue weighted by atomic mass is 16.5. The van der Waals surface area contributed by atoms with Crippen molar-refractivity contribution in [1.82, 2.24) is 14.6 Å². The van der Waals surface area contributed by atoms with Gasteiger partial charge in [-0.3, -0.25) is 0 Å². The van der Waals surface area contributed by atoms with E-state index in [2.05, 4.69) is 55.3 Å². The zero-order valence-corrected chi connectivity index (χ0v) is 16.5. The second kappa shape index (κ2) is 7.19. The van der Waals surface area contributed by atoms with Gasteiger partial charge in [0.05, 0.1) is 13.2 Å². The molecule has 0 aliphatic carbocycles. The highest BCUT2D eigenvalue weighted by Gasteiger charge is 2.19. The number of nitrogens with zero attached hydrogens (tertiary/aromatic N) is 4. The van der Waals surface area contributed by atoms with Crippen molar-refractivity contribution >= 4 is 17.2 Å². The molecule has 1 aliphatic rings. The maximum Gasteiger partial charge on any atom is 0.158 e. The molecule has 0 bridgehead atoms. The van der Waals surface area contributed by atoms with Crippen molar-refractivity contribution < 1.29 is 4.74 Å². The smallest absolute Gasteiger partial charge is 0.158 e. The van der Waals surface area contributed by atoms with E-state index >= 15 is 0 Å². The Morgan fingerprint density at radius 3 is 2.56 bits per heavy atom. The van der Waals surface area contributed by atoms with Crippen molar-refractivity contribution in [2.45, 2.75) is 27.2 Å². The number of benzene rings is 1. The van der Waals surface area contributed by atoms with Crippen LogP contribution < -0.4 is 10.2 Å². The van der Waals surface area contributed by atoms with Gasteiger partial charge in [-0.1, -0.05) is 13.0 Å². The SMILES string of the molecule is CCc1nc2cc(-c3cc(NC)c(C)cc3C)cc(N3CCOCC3)n2n1. The van der Waals surface area contributed by atoms with E-state index in [4.69, 9.17) is 14.8 Å². The van der Waals surface area contributed by atoms with Gasteiger partial charge in [0.2, 0.25) is 0 Å². The molecule has 1 aromatic carbocycles. The molecule has 1 saturated heterocycles. The zero-order chi connectivity index (χ0) is 19.0. The maximum atomic E-state index is 5.54. The fraction of sp³-hybridized carbons (Fsp3) is 0.429. The predicted octanol–water partition coefficient (Wildman–Crippen LogP) is 3.45. The fourth-order valence-electron chi connectivity index (χ4n) is 3.77. The number of anilines is 2. The minimum absolute atomic E-state index is 0.745. The van der Waals surface area contributed by atoms with Crippen molar-refractivity contribution in [3.05, 3.63) is 41.2 Å². The number of hydrogen-bond donors (Lipinski definition) is 1. The van der Waals surface area contributed by atoms with Crippen LogP contribution in [0.4, 0.5) is 11.5 Å². The highest BCUT2D eigenvalue weighted by molar-refractivity contribution is 5.77. The molecule has 0 radical (unpaired) electrons. The van der Waals surface area contributed by atoms with Crippen LogP contribution in [0.2, 0.25) is 0 Å². The van der Waals surface area contributed by atoms with Crippen LogP contribution in [0.15, 0.2) is 24.3 Å². The minimum Gasteiger partial charge on any atom is -0.388 e. The van der Waals surface area contributed by atoms with E-state index in [0.717, 1.165) is 55.7 Å². The first kappa shape index (κ1) is 17.8. The summed E-state index contributed by atoms with van der Waals surface area (Å²) >= 11 is 0. The summed E-state index contributed by atoms with van der Waals surface area (Å²) in [6.07, 6.45) is 0.826. The predicted molar refractivity (Wildman–Crippen MR) is 110 cm³/mol. The Bertz CT molecular complexity index is 972. The van der Waals surface area contributed by atoms with Crippen LogP contribution in [-0.2, 0) is 11.2 Å². The molecule has 3 aromatic rings. The Labute approximate surface area is 160 Å². The lowest BCUT2D eigenvalue weighted by molar-refractivity contribution is 0.122. The van der Waals surface area contributed by atoms with Crippen LogP contribution in [-0.4, -0.2) is 47.9 Å². The molecule has 142 valence electrons. The molecular weight excluding hydrogens is 338 g/mol. The molecule has 1 aliphatic heterocycles. The van der Waals surface area contributed by atoms with Crippen molar-refractivity contribution in [3.8, 4) is 11.1 Å². The van der Waals surface area contributed by atoms with E-state index in [1.54, 1.807) is 0 Å². The van der Waals surface area contributed by atoms with Crippen LogP contribution in [0, 0.1) is 13.8 Å². The van der Waals surface area contributed by atoms with Gasteiger partial charge in [-0.25, -0.2) is 4.98 Å². The number of pyridine rings is 1. The lowest BCUT2D eigenvalue weighted by Gasteiger charge is -2.29. The molecule has 2 aromatic heterocycles. The van der Waals surface area contributed by atoms with Crippen LogP contribution in [0.1, 0.15) is 23.9 Å². The fourth-order valence-corrected chi connectivity index (χ4v) is 3.77. The van der Waals surface area contributed by atoms with Gasteiger partial charge in [-0.15, -0.1) is 5.10 Å². The monoisotopic (exact) mass is 365 g/mol. The normalized spacial score (nSPS) is 14.7. The summed E-state index contributed by atoms with van der Waals surface area (Å²) in [5, 5.41) is 8.02. The lowest BCUT2D eigenvalue weighted by atomic mass is 9.97. The molecule has 6 nitrogen and oxygen atoms in total. The third kappa shape index (κ3) is 3.25. The first-order valence-corrected chi connectivity index (χ1v) is 9.62. The number of fused-ring (bicyclic) bond motifs is 1. The van der Waals surface area contributed by atoms with E-state index in [1.165, 1.54) is 22.3 Å². The van der Waals surface area contributed by atoms with Crippen molar-refractivity contribution in [2.24, 2.45) is 0 Å². The van der Waals surface area contributed by atoms with Gasteiger partial charge < -0.3 is 15.0 Å². The molecule has 0 atom stereocenters. The van der Waals surface area contributed by atoms with Gasteiger partial charge in [-0.05, 0) is 54.3 Å². The van der Waals surface area contributed by atoms with Gasteiger partial charge in [0.15, 0.2) is 11.5 Å². The topological polar surface area (TPSA) is 54.7 Å². The van der Waals surface area contributed by atoms with Crippen molar-refractivity contribution in [3.63, 3.8) is 0 Å². The summed E-state index contributed by atoms with van der Waals surface area (Å²) in [5.41, 5.74) is 6.97. The standard InChI is InChI=1S/C21H27N5O/c1-5-19-23-20-11-16(17-13-18(22-4)15(3)10-14(17)2)12-21(26(20)24-19)25-6-8-27-9-7-25/h10-13,22H,5-9H2,1-4H3. The van der Waals surface area contributed by atoms with Gasteiger partial charge in [0.1, 0.15) is 5.82 Å². The van der Waals surface area contributed by atoms with Gasteiger partial charge in [0.25, 0.3) is 0 Å². The lowest BCUT2D eigenvalue weighted by Crippen LogP contribution is -2.37. The summed E-state index contributed by atoms with van der Waals surface area (Å²) < 4.78 is 7.52. The molecular formula is C21H27N5O. The van der Waals surface area contributed by atoms with E-state index in [0.29, 0.717) is 0 Å². The summed E-state index contributed by atoms with van der Waals surface area (Å²) in [6.45, 7) is 9.62. The quantitative estimate of drug-likeness (QED) is 0.767. The first-order chi connectivity index (χ1) is 13.1. The van der Waals surface area contributed by atoms with Crippen LogP contribution in [0.25, 0.3) is 16.8 Å². The Balaban J connectivity index is 1.91. The van der Waals surface area contributed by atoms with Crippen molar-refractivity contribution in [2.75, 3.05) is 43.6 Å². The molecule has 0 amide bonds. The van der Waals surface area contributed by atoms with Crippen molar-refractivity contribution in [1.29, 1.82) is 0 Å². The Morgan fingerprint density at radius 2 is 1.85 bits per heavy atom. The minimum atomic E-state index is 0.745. The van der Waals surface area contributed by atoms with Crippen LogP contribution in [0.5, 0.6) is 0 Å². The van der Waals surface area contributed by atoms with E-state index in [1.807, 2.05) is 11.6 Å². The van der Waals surface area contributed by atoms with Crippen LogP contribution in [0.3, 0.4) is 0 Å². The van der Waals surface area contributed by atoms with Gasteiger partial charge in [-0.2, -0.15) is 4.52 Å². The third-order valence-electron chi connectivity index (χ3n) is 5.27. The number of aryl methyl sites for hydroxylation is 3. The van der Waals surface area contributed by atoms with Gasteiger partial charge >= 0.3 is 0 Å². The number of nitrogens with one attached hydrogen (secondary N) is 1.